The van der Waals surface area contributed by atoms with E-state index in [1.165, 1.54) is 5.56 Å². The highest BCUT2D eigenvalue weighted by atomic mass is 16.5. The molecule has 3 heteroatoms. The largest absolute Gasteiger partial charge is 0.453 e. The Hall–Kier alpha value is -1.61. The maximum absolute atomic E-state index is 12.5. The predicted octanol–water partition coefficient (Wildman–Crippen LogP) is 3.60. The molecule has 0 saturated carbocycles. The van der Waals surface area contributed by atoms with Gasteiger partial charge in [0.25, 0.3) is 0 Å². The van der Waals surface area contributed by atoms with E-state index in [0.29, 0.717) is 19.0 Å². The third-order valence-corrected chi connectivity index (χ3v) is 3.89. The molecule has 3 nitrogen and oxygen atoms in total. The van der Waals surface area contributed by atoms with E-state index in [1.54, 1.807) is 0 Å². The zero-order valence-electron chi connectivity index (χ0n) is 11.3. The molecule has 3 rings (SSSR count). The van der Waals surface area contributed by atoms with Crippen molar-refractivity contribution in [1.29, 1.82) is 0 Å². The maximum Gasteiger partial charge on any atom is 0.201 e. The van der Waals surface area contributed by atoms with Crippen LogP contribution in [0.3, 0.4) is 0 Å². The molecule has 0 aliphatic carbocycles. The van der Waals surface area contributed by atoms with E-state index in [2.05, 4.69) is 6.92 Å². The van der Waals surface area contributed by atoms with Crippen molar-refractivity contribution in [2.24, 2.45) is 11.8 Å². The highest BCUT2D eigenvalue weighted by Gasteiger charge is 2.31. The van der Waals surface area contributed by atoms with E-state index >= 15 is 0 Å². The molecule has 0 amide bonds. The van der Waals surface area contributed by atoms with Gasteiger partial charge in [0.15, 0.2) is 5.76 Å². The molecule has 0 bridgehead atoms. The molecule has 2 heterocycles. The van der Waals surface area contributed by atoms with Crippen molar-refractivity contribution in [3.63, 3.8) is 0 Å². The summed E-state index contributed by atoms with van der Waals surface area (Å²) >= 11 is 0. The highest BCUT2D eigenvalue weighted by molar-refractivity contribution is 5.99. The molecule has 1 aromatic heterocycles. The molecule has 1 fully saturated rings. The minimum atomic E-state index is 0.0235. The van der Waals surface area contributed by atoms with E-state index in [0.717, 1.165) is 17.4 Å². The second-order valence-electron chi connectivity index (χ2n) is 5.46. The smallest absolute Gasteiger partial charge is 0.201 e. The van der Waals surface area contributed by atoms with Crippen LogP contribution in [-0.2, 0) is 4.74 Å². The molecule has 2 unspecified atom stereocenters. The summed E-state index contributed by atoms with van der Waals surface area (Å²) < 4.78 is 11.1. The van der Waals surface area contributed by atoms with Crippen molar-refractivity contribution in [2.75, 3.05) is 13.2 Å². The van der Waals surface area contributed by atoms with Crippen LogP contribution in [0.2, 0.25) is 0 Å². The minimum Gasteiger partial charge on any atom is -0.453 e. The average Bonchev–Trinajstić information content (AvgIpc) is 2.81. The number of fused-ring (bicyclic) bond motifs is 1. The predicted molar refractivity (Wildman–Crippen MR) is 73.4 cm³/mol. The van der Waals surface area contributed by atoms with E-state index in [1.807, 2.05) is 31.2 Å². The molecule has 1 aliphatic heterocycles. The summed E-state index contributed by atoms with van der Waals surface area (Å²) in [6.45, 7) is 5.43. The molecule has 2 atom stereocenters. The summed E-state index contributed by atoms with van der Waals surface area (Å²) in [6.07, 6.45) is 0.788. The molecule has 0 spiro atoms. The summed E-state index contributed by atoms with van der Waals surface area (Å²) in [6, 6.07) is 7.84. The Morgan fingerprint density at radius 3 is 2.95 bits per heavy atom. The highest BCUT2D eigenvalue weighted by Crippen LogP contribution is 2.28. The number of carbonyl (C=O) groups excluding carboxylic acids is 1. The standard InChI is InChI=1S/C16H18O3/c1-10-3-4-14-12(7-10)8-15(19-14)16(17)13-5-6-18-9-11(13)2/h3-4,7-8,11,13H,5-6,9H2,1-2H3. The number of carbonyl (C=O) groups is 1. The van der Waals surface area contributed by atoms with Gasteiger partial charge in [0.2, 0.25) is 5.78 Å². The van der Waals surface area contributed by atoms with Crippen molar-refractivity contribution < 1.29 is 13.9 Å². The molecular formula is C16H18O3. The zero-order chi connectivity index (χ0) is 13.4. The van der Waals surface area contributed by atoms with Crippen LogP contribution in [0.15, 0.2) is 28.7 Å². The Balaban J connectivity index is 1.92. The summed E-state index contributed by atoms with van der Waals surface area (Å²) in [5, 5.41) is 1.00. The molecule has 1 aromatic carbocycles. The third-order valence-electron chi connectivity index (χ3n) is 3.89. The Labute approximate surface area is 112 Å². The minimum absolute atomic E-state index is 0.0235. The van der Waals surface area contributed by atoms with E-state index in [9.17, 15) is 4.79 Å². The van der Waals surface area contributed by atoms with Crippen LogP contribution in [0.25, 0.3) is 11.0 Å². The van der Waals surface area contributed by atoms with Crippen LogP contribution in [-0.4, -0.2) is 19.0 Å². The Bertz CT molecular complexity index is 611. The quantitative estimate of drug-likeness (QED) is 0.773. The Morgan fingerprint density at radius 1 is 1.32 bits per heavy atom. The number of benzene rings is 1. The second kappa shape index (κ2) is 4.82. The van der Waals surface area contributed by atoms with Crippen molar-refractivity contribution in [3.8, 4) is 0 Å². The SMILES string of the molecule is Cc1ccc2oc(C(=O)C3CCOCC3C)cc2c1. The first-order valence-electron chi connectivity index (χ1n) is 6.77. The lowest BCUT2D eigenvalue weighted by atomic mass is 9.85. The lowest BCUT2D eigenvalue weighted by molar-refractivity contribution is 0.0230. The molecular weight excluding hydrogens is 240 g/mol. The number of Topliss-reactive ketones (excluding diaryl/α,β-unsaturated/α-hetero) is 1. The number of rotatable bonds is 2. The lowest BCUT2D eigenvalue weighted by Gasteiger charge is -2.26. The maximum atomic E-state index is 12.5. The van der Waals surface area contributed by atoms with Crippen LogP contribution in [0.5, 0.6) is 0 Å². The van der Waals surface area contributed by atoms with Gasteiger partial charge >= 0.3 is 0 Å². The van der Waals surface area contributed by atoms with Crippen molar-refractivity contribution in [1.82, 2.24) is 0 Å². The summed E-state index contributed by atoms with van der Waals surface area (Å²) in [4.78, 5) is 12.5. The van der Waals surface area contributed by atoms with E-state index in [-0.39, 0.29) is 17.6 Å². The van der Waals surface area contributed by atoms with Crippen molar-refractivity contribution in [3.05, 3.63) is 35.6 Å². The summed E-state index contributed by atoms with van der Waals surface area (Å²) in [7, 11) is 0. The topological polar surface area (TPSA) is 39.4 Å². The second-order valence-corrected chi connectivity index (χ2v) is 5.46. The molecule has 1 aliphatic rings. The number of ketones is 1. The van der Waals surface area contributed by atoms with Crippen molar-refractivity contribution >= 4 is 16.8 Å². The molecule has 0 radical (unpaired) electrons. The molecule has 2 aromatic rings. The van der Waals surface area contributed by atoms with Crippen LogP contribution in [0.4, 0.5) is 0 Å². The first-order valence-corrected chi connectivity index (χ1v) is 6.77. The third kappa shape index (κ3) is 2.30. The normalized spacial score (nSPS) is 23.7. The number of furan rings is 1. The van der Waals surface area contributed by atoms with Gasteiger partial charge in [0, 0.05) is 24.5 Å². The number of aryl methyl sites for hydroxylation is 1. The van der Waals surface area contributed by atoms with Crippen LogP contribution in [0.1, 0.15) is 29.5 Å². The summed E-state index contributed by atoms with van der Waals surface area (Å²) in [5.74, 6) is 0.885. The van der Waals surface area contributed by atoms with E-state index in [4.69, 9.17) is 9.15 Å². The average molecular weight is 258 g/mol. The lowest BCUT2D eigenvalue weighted by Crippen LogP contribution is -2.31. The number of ether oxygens (including phenoxy) is 1. The first kappa shape index (κ1) is 12.4. The molecule has 19 heavy (non-hydrogen) atoms. The van der Waals surface area contributed by atoms with Crippen LogP contribution < -0.4 is 0 Å². The fourth-order valence-electron chi connectivity index (χ4n) is 2.74. The van der Waals surface area contributed by atoms with Crippen LogP contribution >= 0.6 is 0 Å². The van der Waals surface area contributed by atoms with Gasteiger partial charge < -0.3 is 9.15 Å². The fourth-order valence-corrected chi connectivity index (χ4v) is 2.74. The van der Waals surface area contributed by atoms with Crippen LogP contribution in [0, 0.1) is 18.8 Å². The van der Waals surface area contributed by atoms with Gasteiger partial charge in [0.05, 0.1) is 0 Å². The number of hydrogen-bond acceptors (Lipinski definition) is 3. The van der Waals surface area contributed by atoms with Gasteiger partial charge in [-0.05, 0) is 37.5 Å². The molecule has 100 valence electrons. The monoisotopic (exact) mass is 258 g/mol. The zero-order valence-corrected chi connectivity index (χ0v) is 11.3. The van der Waals surface area contributed by atoms with Crippen molar-refractivity contribution in [2.45, 2.75) is 20.3 Å². The number of hydrogen-bond donors (Lipinski definition) is 0. The molecule has 0 N–H and O–H groups in total. The Kier molecular flexibility index (Phi) is 3.15. The van der Waals surface area contributed by atoms with Gasteiger partial charge in [-0.3, -0.25) is 4.79 Å². The summed E-state index contributed by atoms with van der Waals surface area (Å²) in [5.41, 5.74) is 1.96. The van der Waals surface area contributed by atoms with Gasteiger partial charge in [-0.25, -0.2) is 0 Å². The molecule has 1 saturated heterocycles. The van der Waals surface area contributed by atoms with Gasteiger partial charge in [-0.2, -0.15) is 0 Å². The van der Waals surface area contributed by atoms with Gasteiger partial charge in [0.1, 0.15) is 5.58 Å². The van der Waals surface area contributed by atoms with E-state index < -0.39 is 0 Å². The fraction of sp³-hybridized carbons (Fsp3) is 0.438. The first-order chi connectivity index (χ1) is 9.15. The van der Waals surface area contributed by atoms with Gasteiger partial charge in [-0.15, -0.1) is 0 Å². The Morgan fingerprint density at radius 2 is 2.16 bits per heavy atom. The van der Waals surface area contributed by atoms with Gasteiger partial charge in [-0.1, -0.05) is 18.6 Å².